The standard InChI is InChI=1S/C14H25NO2S/c1-14(2,13-6-4-11-18-13)12-15-7-5-8-17-10-9-16-3/h4,6,11,15H,5,7-10,12H2,1-3H3. The van der Waals surface area contributed by atoms with Crippen molar-refractivity contribution in [1.29, 1.82) is 0 Å². The van der Waals surface area contributed by atoms with Crippen LogP contribution in [0.15, 0.2) is 17.5 Å². The summed E-state index contributed by atoms with van der Waals surface area (Å²) in [7, 11) is 1.69. The Balaban J connectivity index is 2.04. The van der Waals surface area contributed by atoms with E-state index >= 15 is 0 Å². The highest BCUT2D eigenvalue weighted by Crippen LogP contribution is 2.26. The fourth-order valence-corrected chi connectivity index (χ4v) is 2.55. The molecule has 0 aliphatic heterocycles. The van der Waals surface area contributed by atoms with Gasteiger partial charge in [-0.25, -0.2) is 0 Å². The van der Waals surface area contributed by atoms with E-state index in [2.05, 4.69) is 36.7 Å². The van der Waals surface area contributed by atoms with Crippen molar-refractivity contribution in [2.45, 2.75) is 25.7 Å². The minimum atomic E-state index is 0.213. The molecule has 1 aromatic rings. The van der Waals surface area contributed by atoms with Crippen molar-refractivity contribution in [1.82, 2.24) is 5.32 Å². The van der Waals surface area contributed by atoms with Crippen LogP contribution < -0.4 is 5.32 Å². The average molecular weight is 271 g/mol. The van der Waals surface area contributed by atoms with Crippen LogP contribution in [-0.2, 0) is 14.9 Å². The molecule has 3 nitrogen and oxygen atoms in total. The second kappa shape index (κ2) is 8.64. The van der Waals surface area contributed by atoms with Gasteiger partial charge in [-0.3, -0.25) is 0 Å². The predicted molar refractivity (Wildman–Crippen MR) is 77.5 cm³/mol. The number of hydrogen-bond acceptors (Lipinski definition) is 4. The van der Waals surface area contributed by atoms with Gasteiger partial charge in [-0.05, 0) is 24.4 Å². The van der Waals surface area contributed by atoms with Crippen molar-refractivity contribution in [2.24, 2.45) is 0 Å². The molecule has 0 bridgehead atoms. The highest BCUT2D eigenvalue weighted by Gasteiger charge is 2.20. The lowest BCUT2D eigenvalue weighted by molar-refractivity contribution is 0.0694. The molecule has 18 heavy (non-hydrogen) atoms. The highest BCUT2D eigenvalue weighted by molar-refractivity contribution is 7.10. The van der Waals surface area contributed by atoms with Crippen LogP contribution in [0.1, 0.15) is 25.1 Å². The van der Waals surface area contributed by atoms with Gasteiger partial charge in [0.15, 0.2) is 0 Å². The molecule has 0 atom stereocenters. The Kier molecular flexibility index (Phi) is 7.51. The molecule has 4 heteroatoms. The van der Waals surface area contributed by atoms with Gasteiger partial charge in [-0.2, -0.15) is 0 Å². The van der Waals surface area contributed by atoms with Crippen molar-refractivity contribution in [3.05, 3.63) is 22.4 Å². The number of rotatable bonds is 10. The summed E-state index contributed by atoms with van der Waals surface area (Å²) in [6.07, 6.45) is 1.05. The van der Waals surface area contributed by atoms with Crippen LogP contribution >= 0.6 is 11.3 Å². The number of nitrogens with one attached hydrogen (secondary N) is 1. The first-order chi connectivity index (χ1) is 8.67. The van der Waals surface area contributed by atoms with Crippen LogP contribution in [0.3, 0.4) is 0 Å². The fraction of sp³-hybridized carbons (Fsp3) is 0.714. The van der Waals surface area contributed by atoms with Crippen molar-refractivity contribution in [3.63, 3.8) is 0 Å². The molecule has 1 aromatic heterocycles. The maximum Gasteiger partial charge on any atom is 0.0700 e. The number of thiophene rings is 1. The summed E-state index contributed by atoms with van der Waals surface area (Å²) in [5, 5.41) is 5.64. The molecular formula is C14H25NO2S. The third kappa shape index (κ3) is 5.96. The lowest BCUT2D eigenvalue weighted by atomic mass is 9.91. The van der Waals surface area contributed by atoms with Crippen molar-refractivity contribution in [3.8, 4) is 0 Å². The maximum absolute atomic E-state index is 5.42. The Hall–Kier alpha value is -0.420. The zero-order valence-electron chi connectivity index (χ0n) is 11.7. The Morgan fingerprint density at radius 2 is 2.11 bits per heavy atom. The van der Waals surface area contributed by atoms with E-state index in [-0.39, 0.29) is 5.41 Å². The van der Waals surface area contributed by atoms with E-state index in [1.807, 2.05) is 11.3 Å². The first-order valence-corrected chi connectivity index (χ1v) is 7.36. The summed E-state index contributed by atoms with van der Waals surface area (Å²) >= 11 is 1.83. The smallest absolute Gasteiger partial charge is 0.0700 e. The topological polar surface area (TPSA) is 30.5 Å². The number of hydrogen-bond donors (Lipinski definition) is 1. The van der Waals surface area contributed by atoms with E-state index in [0.29, 0.717) is 13.2 Å². The number of methoxy groups -OCH3 is 1. The molecule has 1 heterocycles. The molecule has 0 spiro atoms. The molecule has 0 fully saturated rings. The van der Waals surface area contributed by atoms with Gasteiger partial charge in [-0.1, -0.05) is 19.9 Å². The van der Waals surface area contributed by atoms with Gasteiger partial charge in [-0.15, -0.1) is 11.3 Å². The van der Waals surface area contributed by atoms with Crippen LogP contribution in [0.25, 0.3) is 0 Å². The summed E-state index contributed by atoms with van der Waals surface area (Å²) in [4.78, 5) is 1.44. The summed E-state index contributed by atoms with van der Waals surface area (Å²) in [6, 6.07) is 4.32. The summed E-state index contributed by atoms with van der Waals surface area (Å²) in [5.74, 6) is 0. The van der Waals surface area contributed by atoms with Crippen LogP contribution in [0.2, 0.25) is 0 Å². The van der Waals surface area contributed by atoms with Gasteiger partial charge in [0.2, 0.25) is 0 Å². The number of ether oxygens (including phenoxy) is 2. The average Bonchev–Trinajstić information content (AvgIpc) is 2.87. The van der Waals surface area contributed by atoms with Crippen molar-refractivity contribution >= 4 is 11.3 Å². The molecule has 0 aromatic carbocycles. The van der Waals surface area contributed by atoms with Crippen molar-refractivity contribution in [2.75, 3.05) is 40.0 Å². The molecule has 1 rings (SSSR count). The zero-order chi connectivity index (χ0) is 13.3. The molecule has 0 saturated carbocycles. The first-order valence-electron chi connectivity index (χ1n) is 6.48. The van der Waals surface area contributed by atoms with Gasteiger partial charge in [0.1, 0.15) is 0 Å². The molecule has 0 saturated heterocycles. The lowest BCUT2D eigenvalue weighted by Gasteiger charge is -2.23. The molecule has 0 unspecified atom stereocenters. The van der Waals surface area contributed by atoms with Gasteiger partial charge < -0.3 is 14.8 Å². The van der Waals surface area contributed by atoms with E-state index < -0.39 is 0 Å². The first kappa shape index (κ1) is 15.6. The highest BCUT2D eigenvalue weighted by atomic mass is 32.1. The summed E-state index contributed by atoms with van der Waals surface area (Å²) in [5.41, 5.74) is 0.213. The Morgan fingerprint density at radius 1 is 1.28 bits per heavy atom. The van der Waals surface area contributed by atoms with E-state index in [1.54, 1.807) is 7.11 Å². The Bertz CT molecular complexity index is 299. The SMILES string of the molecule is COCCOCCCNCC(C)(C)c1cccs1. The minimum Gasteiger partial charge on any atom is -0.382 e. The maximum atomic E-state index is 5.42. The summed E-state index contributed by atoms with van der Waals surface area (Å²) in [6.45, 7) is 8.74. The van der Waals surface area contributed by atoms with Crippen LogP contribution in [0.5, 0.6) is 0 Å². The molecule has 0 aliphatic carbocycles. The zero-order valence-corrected chi connectivity index (χ0v) is 12.5. The Morgan fingerprint density at radius 3 is 2.78 bits per heavy atom. The molecule has 104 valence electrons. The van der Waals surface area contributed by atoms with Gasteiger partial charge in [0.05, 0.1) is 13.2 Å². The van der Waals surface area contributed by atoms with Crippen molar-refractivity contribution < 1.29 is 9.47 Å². The van der Waals surface area contributed by atoms with Crippen LogP contribution in [-0.4, -0.2) is 40.0 Å². The van der Waals surface area contributed by atoms with E-state index in [0.717, 1.165) is 26.1 Å². The second-order valence-corrected chi connectivity index (χ2v) is 5.94. The van der Waals surface area contributed by atoms with Gasteiger partial charge in [0, 0.05) is 30.6 Å². The van der Waals surface area contributed by atoms with Gasteiger partial charge in [0.25, 0.3) is 0 Å². The molecule has 1 N–H and O–H groups in total. The van der Waals surface area contributed by atoms with Crippen LogP contribution in [0.4, 0.5) is 0 Å². The van der Waals surface area contributed by atoms with Gasteiger partial charge >= 0.3 is 0 Å². The largest absolute Gasteiger partial charge is 0.382 e. The molecule has 0 radical (unpaired) electrons. The second-order valence-electron chi connectivity index (χ2n) is 5.00. The molecule has 0 aliphatic rings. The molecule has 0 amide bonds. The third-order valence-corrected chi connectivity index (χ3v) is 4.06. The monoisotopic (exact) mass is 271 g/mol. The third-order valence-electron chi connectivity index (χ3n) is 2.83. The minimum absolute atomic E-state index is 0.213. The predicted octanol–water partition coefficient (Wildman–Crippen LogP) is 2.67. The Labute approximate surface area is 114 Å². The van der Waals surface area contributed by atoms with E-state index in [1.165, 1.54) is 4.88 Å². The lowest BCUT2D eigenvalue weighted by Crippen LogP contribution is -2.33. The molecular weight excluding hydrogens is 246 g/mol. The normalized spacial score (nSPS) is 11.9. The quantitative estimate of drug-likeness (QED) is 0.664. The summed E-state index contributed by atoms with van der Waals surface area (Å²) < 4.78 is 10.3. The van der Waals surface area contributed by atoms with Crippen LogP contribution in [0, 0.1) is 0 Å². The fourth-order valence-electron chi connectivity index (χ4n) is 1.70. The van der Waals surface area contributed by atoms with E-state index in [4.69, 9.17) is 9.47 Å². The van der Waals surface area contributed by atoms with E-state index in [9.17, 15) is 0 Å².